The van der Waals surface area contributed by atoms with Crippen LogP contribution in [0.5, 0.6) is 5.75 Å². The van der Waals surface area contributed by atoms with Gasteiger partial charge in [0.25, 0.3) is 5.56 Å². The molecule has 3 aromatic rings. The third kappa shape index (κ3) is 2.97. The van der Waals surface area contributed by atoms with E-state index >= 15 is 0 Å². The van der Waals surface area contributed by atoms with Crippen LogP contribution in [0.3, 0.4) is 0 Å². The number of hydrogen-bond donors (Lipinski definition) is 0. The Morgan fingerprint density at radius 3 is 2.67 bits per heavy atom. The van der Waals surface area contributed by atoms with Crippen LogP contribution in [0.25, 0.3) is 5.69 Å². The molecule has 3 rings (SSSR count). The van der Waals surface area contributed by atoms with Crippen LogP contribution in [-0.4, -0.2) is 24.8 Å². The summed E-state index contributed by atoms with van der Waals surface area (Å²) in [7, 11) is 1.71. The lowest BCUT2D eigenvalue weighted by Gasteiger charge is -2.07. The Morgan fingerprint density at radius 2 is 2.00 bits per heavy atom. The van der Waals surface area contributed by atoms with Crippen LogP contribution in [0.1, 0.15) is 5.56 Å². The van der Waals surface area contributed by atoms with Gasteiger partial charge in [-0.2, -0.15) is 0 Å². The van der Waals surface area contributed by atoms with E-state index in [2.05, 4.69) is 15.5 Å². The van der Waals surface area contributed by atoms with Crippen molar-refractivity contribution < 1.29 is 4.74 Å². The Labute approximate surface area is 120 Å². The van der Waals surface area contributed by atoms with Gasteiger partial charge in [0.05, 0.1) is 5.69 Å². The third-order valence-electron chi connectivity index (χ3n) is 3.02. The molecule has 0 fully saturated rings. The quantitative estimate of drug-likeness (QED) is 0.712. The van der Waals surface area contributed by atoms with Crippen molar-refractivity contribution in [2.45, 2.75) is 6.61 Å². The first-order chi connectivity index (χ1) is 10.2. The van der Waals surface area contributed by atoms with Gasteiger partial charge in [-0.05, 0) is 46.3 Å². The van der Waals surface area contributed by atoms with Crippen LogP contribution in [0.15, 0.2) is 53.7 Å². The van der Waals surface area contributed by atoms with Crippen LogP contribution >= 0.6 is 0 Å². The fourth-order valence-electron chi connectivity index (χ4n) is 1.82. The predicted octanol–water partition coefficient (Wildman–Crippen LogP) is 0.940. The zero-order chi connectivity index (χ0) is 14.7. The summed E-state index contributed by atoms with van der Waals surface area (Å²) in [5.74, 6) is 0.715. The summed E-state index contributed by atoms with van der Waals surface area (Å²) >= 11 is 0. The average molecular weight is 283 g/mol. The largest absolute Gasteiger partial charge is 0.489 e. The number of hydrogen-bond acceptors (Lipinski definition) is 5. The number of aromatic nitrogens is 5. The Bertz CT molecular complexity index is 778. The molecule has 0 aliphatic rings. The van der Waals surface area contributed by atoms with Gasteiger partial charge in [-0.25, -0.2) is 4.68 Å². The lowest BCUT2D eigenvalue weighted by atomic mass is 10.3. The fourth-order valence-corrected chi connectivity index (χ4v) is 1.82. The summed E-state index contributed by atoms with van der Waals surface area (Å²) in [6.45, 7) is 0.348. The second-order valence-electron chi connectivity index (χ2n) is 4.52. The number of benzene rings is 1. The first-order valence-electron chi connectivity index (χ1n) is 6.34. The van der Waals surface area contributed by atoms with Crippen LogP contribution in [0, 0.1) is 0 Å². The van der Waals surface area contributed by atoms with Crippen LogP contribution in [-0.2, 0) is 13.7 Å². The van der Waals surface area contributed by atoms with E-state index in [9.17, 15) is 4.79 Å². The zero-order valence-electron chi connectivity index (χ0n) is 11.4. The summed E-state index contributed by atoms with van der Waals surface area (Å²) in [6.07, 6.45) is 3.25. The minimum Gasteiger partial charge on any atom is -0.489 e. The first-order valence-corrected chi connectivity index (χ1v) is 6.34. The Morgan fingerprint density at radius 1 is 1.19 bits per heavy atom. The van der Waals surface area contributed by atoms with E-state index in [0.29, 0.717) is 12.4 Å². The predicted molar refractivity (Wildman–Crippen MR) is 75.2 cm³/mol. The lowest BCUT2D eigenvalue weighted by molar-refractivity contribution is 0.305. The van der Waals surface area contributed by atoms with E-state index in [0.717, 1.165) is 11.3 Å². The summed E-state index contributed by atoms with van der Waals surface area (Å²) in [5, 5.41) is 11.0. The molecule has 0 spiro atoms. The summed E-state index contributed by atoms with van der Waals surface area (Å²) in [6, 6.07) is 10.8. The maximum atomic E-state index is 11.5. The van der Waals surface area contributed by atoms with E-state index in [-0.39, 0.29) is 5.56 Å². The van der Waals surface area contributed by atoms with E-state index in [1.807, 2.05) is 30.3 Å². The molecule has 0 amide bonds. The van der Waals surface area contributed by atoms with Crippen molar-refractivity contribution in [2.75, 3.05) is 0 Å². The molecule has 0 saturated carbocycles. The smallest absolute Gasteiger partial charge is 0.250 e. The van der Waals surface area contributed by atoms with E-state index in [1.165, 1.54) is 10.9 Å². The molecule has 0 saturated heterocycles. The Kier molecular flexibility index (Phi) is 3.46. The highest BCUT2D eigenvalue weighted by atomic mass is 16.5. The van der Waals surface area contributed by atoms with E-state index in [4.69, 9.17) is 4.74 Å². The van der Waals surface area contributed by atoms with Gasteiger partial charge in [-0.3, -0.25) is 4.79 Å². The summed E-state index contributed by atoms with van der Waals surface area (Å²) in [4.78, 5) is 11.5. The second kappa shape index (κ2) is 5.58. The Hall–Kier alpha value is -2.96. The molecule has 0 unspecified atom stereocenters. The highest BCUT2D eigenvalue weighted by Gasteiger charge is 2.01. The minimum atomic E-state index is -0.0508. The number of ether oxygens (including phenoxy) is 1. The summed E-state index contributed by atoms with van der Waals surface area (Å²) in [5.41, 5.74) is 1.63. The molecule has 106 valence electrons. The molecular formula is C14H13N5O2. The monoisotopic (exact) mass is 283 g/mol. The summed E-state index contributed by atoms with van der Waals surface area (Å²) < 4.78 is 8.73. The van der Waals surface area contributed by atoms with Crippen molar-refractivity contribution in [3.63, 3.8) is 0 Å². The normalized spacial score (nSPS) is 10.5. The van der Waals surface area contributed by atoms with Crippen LogP contribution in [0.2, 0.25) is 0 Å². The van der Waals surface area contributed by atoms with Crippen molar-refractivity contribution in [3.05, 3.63) is 64.8 Å². The highest BCUT2D eigenvalue weighted by Crippen LogP contribution is 2.15. The van der Waals surface area contributed by atoms with Gasteiger partial charge in [-0.15, -0.1) is 5.10 Å². The van der Waals surface area contributed by atoms with E-state index < -0.39 is 0 Å². The van der Waals surface area contributed by atoms with Crippen molar-refractivity contribution in [1.82, 2.24) is 24.8 Å². The molecule has 2 aromatic heterocycles. The van der Waals surface area contributed by atoms with Gasteiger partial charge in [0.1, 0.15) is 18.7 Å². The van der Waals surface area contributed by atoms with Crippen molar-refractivity contribution >= 4 is 0 Å². The third-order valence-corrected chi connectivity index (χ3v) is 3.02. The Balaban J connectivity index is 1.68. The van der Waals surface area contributed by atoms with Gasteiger partial charge in [-0.1, -0.05) is 0 Å². The average Bonchev–Trinajstić information content (AvgIpc) is 3.03. The molecule has 0 N–H and O–H groups in total. The van der Waals surface area contributed by atoms with Gasteiger partial charge in [0.15, 0.2) is 0 Å². The number of aryl methyl sites for hydroxylation is 1. The van der Waals surface area contributed by atoms with Gasteiger partial charge in [0, 0.05) is 19.3 Å². The zero-order valence-corrected chi connectivity index (χ0v) is 11.4. The molecular weight excluding hydrogens is 270 g/mol. The molecule has 7 heteroatoms. The van der Waals surface area contributed by atoms with Crippen molar-refractivity contribution in [2.24, 2.45) is 7.05 Å². The first kappa shape index (κ1) is 13.0. The maximum absolute atomic E-state index is 11.5. The highest BCUT2D eigenvalue weighted by molar-refractivity contribution is 5.36. The molecule has 1 aromatic carbocycles. The minimum absolute atomic E-state index is 0.0508. The number of nitrogens with zero attached hydrogens (tertiary/aromatic N) is 5. The molecule has 0 aliphatic heterocycles. The SMILES string of the molecule is Cn1ccc(COc2ccc(-n3cnnn3)cc2)cc1=O. The molecule has 0 aliphatic carbocycles. The number of rotatable bonds is 4. The molecule has 0 bridgehead atoms. The van der Waals surface area contributed by atoms with Gasteiger partial charge in [0.2, 0.25) is 0 Å². The van der Waals surface area contributed by atoms with Crippen molar-refractivity contribution in [3.8, 4) is 11.4 Å². The topological polar surface area (TPSA) is 74.8 Å². The van der Waals surface area contributed by atoms with Crippen LogP contribution in [0.4, 0.5) is 0 Å². The lowest BCUT2D eigenvalue weighted by Crippen LogP contribution is -2.15. The van der Waals surface area contributed by atoms with Gasteiger partial charge >= 0.3 is 0 Å². The number of pyridine rings is 1. The van der Waals surface area contributed by atoms with Crippen molar-refractivity contribution in [1.29, 1.82) is 0 Å². The van der Waals surface area contributed by atoms with Crippen LogP contribution < -0.4 is 10.3 Å². The molecule has 0 radical (unpaired) electrons. The molecule has 2 heterocycles. The molecule has 0 atom stereocenters. The maximum Gasteiger partial charge on any atom is 0.250 e. The number of tetrazole rings is 1. The second-order valence-corrected chi connectivity index (χ2v) is 4.52. The molecule has 7 nitrogen and oxygen atoms in total. The van der Waals surface area contributed by atoms with E-state index in [1.54, 1.807) is 24.0 Å². The fraction of sp³-hybridized carbons (Fsp3) is 0.143. The molecule has 21 heavy (non-hydrogen) atoms. The van der Waals surface area contributed by atoms with Gasteiger partial charge < -0.3 is 9.30 Å². The standard InChI is InChI=1S/C14H13N5O2/c1-18-7-6-11(8-14(18)20)9-21-13-4-2-12(3-5-13)19-10-15-16-17-19/h2-8,10H,9H2,1H3.